The van der Waals surface area contributed by atoms with Gasteiger partial charge in [-0.25, -0.2) is 0 Å². The molecule has 1 heterocycles. The van der Waals surface area contributed by atoms with E-state index in [-0.39, 0.29) is 4.87 Å². The molecule has 116 valence electrons. The summed E-state index contributed by atoms with van der Waals surface area (Å²) in [4.78, 5) is 13.8. The zero-order valence-corrected chi connectivity index (χ0v) is 13.7. The van der Waals surface area contributed by atoms with Gasteiger partial charge in [-0.05, 0) is 13.0 Å². The normalized spacial score (nSPS) is 11.1. The average Bonchev–Trinajstić information content (AvgIpc) is 2.86. The van der Waals surface area contributed by atoms with Gasteiger partial charge in [0, 0.05) is 17.6 Å². The number of rotatable bonds is 13. The summed E-state index contributed by atoms with van der Waals surface area (Å²) in [5.74, 6) is 0. The van der Waals surface area contributed by atoms with Gasteiger partial charge in [-0.2, -0.15) is 0 Å². The second-order valence-electron chi connectivity index (χ2n) is 5.53. The third kappa shape index (κ3) is 9.32. The number of thiazole rings is 1. The highest BCUT2D eigenvalue weighted by Gasteiger charge is 1.96. The molecule has 1 rings (SSSR count). The highest BCUT2D eigenvalue weighted by atomic mass is 32.1. The predicted octanol–water partition coefficient (Wildman–Crippen LogP) is 4.45. The van der Waals surface area contributed by atoms with Gasteiger partial charge in [0.25, 0.3) is 0 Å². The zero-order chi connectivity index (χ0) is 14.5. The molecule has 0 unspecified atom stereocenters. The van der Waals surface area contributed by atoms with Crippen molar-refractivity contribution in [1.29, 1.82) is 0 Å². The van der Waals surface area contributed by atoms with Crippen molar-refractivity contribution < 1.29 is 0 Å². The minimum atomic E-state index is 0.0423. The molecule has 0 aliphatic heterocycles. The highest BCUT2D eigenvalue weighted by Crippen LogP contribution is 2.10. The summed E-state index contributed by atoms with van der Waals surface area (Å²) in [6.07, 6.45) is 13.7. The summed E-state index contributed by atoms with van der Waals surface area (Å²) in [6.45, 7) is 4.11. The number of nitrogens with one attached hydrogen (secondary N) is 2. The largest absolute Gasteiger partial charge is 0.315 e. The first-order chi connectivity index (χ1) is 9.83. The van der Waals surface area contributed by atoms with Gasteiger partial charge in [-0.1, -0.05) is 76.0 Å². The Balaban J connectivity index is 1.77. The number of hydrogen-bond acceptors (Lipinski definition) is 3. The lowest BCUT2D eigenvalue weighted by atomic mass is 10.1. The lowest BCUT2D eigenvalue weighted by molar-refractivity contribution is 0.542. The molecule has 2 N–H and O–H groups in total. The fourth-order valence-electron chi connectivity index (χ4n) is 2.36. The van der Waals surface area contributed by atoms with E-state index in [1.807, 2.05) is 5.38 Å². The molecule has 3 nitrogen and oxygen atoms in total. The van der Waals surface area contributed by atoms with E-state index in [2.05, 4.69) is 17.2 Å². The van der Waals surface area contributed by atoms with Crippen LogP contribution in [0.2, 0.25) is 0 Å². The number of aromatic amines is 1. The molecule has 0 spiro atoms. The van der Waals surface area contributed by atoms with Crippen molar-refractivity contribution in [3.63, 3.8) is 0 Å². The molecule has 0 bridgehead atoms. The van der Waals surface area contributed by atoms with E-state index in [1.54, 1.807) is 0 Å². The van der Waals surface area contributed by atoms with Crippen LogP contribution < -0.4 is 10.2 Å². The maximum atomic E-state index is 10.9. The first kappa shape index (κ1) is 17.4. The quantitative estimate of drug-likeness (QED) is 0.529. The highest BCUT2D eigenvalue weighted by molar-refractivity contribution is 7.07. The topological polar surface area (TPSA) is 44.9 Å². The van der Waals surface area contributed by atoms with E-state index in [0.29, 0.717) is 0 Å². The van der Waals surface area contributed by atoms with Gasteiger partial charge in [-0.15, -0.1) is 0 Å². The standard InChI is InChI=1S/C16H30N2OS/c1-2-3-4-5-6-7-8-9-10-11-12-17-13-15-14-20-16(19)18-15/h14,17H,2-13H2,1H3,(H,18,19). The van der Waals surface area contributed by atoms with Crippen LogP contribution in [0.4, 0.5) is 0 Å². The Morgan fingerprint density at radius 2 is 1.60 bits per heavy atom. The van der Waals surface area contributed by atoms with E-state index in [4.69, 9.17) is 0 Å². The number of aromatic nitrogens is 1. The summed E-state index contributed by atoms with van der Waals surface area (Å²) in [6, 6.07) is 0. The van der Waals surface area contributed by atoms with Crippen LogP contribution in [0.5, 0.6) is 0 Å². The smallest absolute Gasteiger partial charge is 0.304 e. The van der Waals surface area contributed by atoms with E-state index in [9.17, 15) is 4.79 Å². The fourth-order valence-corrected chi connectivity index (χ4v) is 2.94. The first-order valence-corrected chi connectivity index (χ1v) is 9.08. The molecular formula is C16H30N2OS. The number of H-pyrrole nitrogens is 1. The second kappa shape index (κ2) is 12.2. The van der Waals surface area contributed by atoms with E-state index < -0.39 is 0 Å². The van der Waals surface area contributed by atoms with Crippen LogP contribution in [0, 0.1) is 0 Å². The average molecular weight is 298 g/mol. The van der Waals surface area contributed by atoms with Gasteiger partial charge in [0.1, 0.15) is 0 Å². The Kier molecular flexibility index (Phi) is 10.6. The Morgan fingerprint density at radius 1 is 1.00 bits per heavy atom. The minimum absolute atomic E-state index is 0.0423. The number of hydrogen-bond donors (Lipinski definition) is 2. The Morgan fingerprint density at radius 3 is 2.15 bits per heavy atom. The van der Waals surface area contributed by atoms with Crippen molar-refractivity contribution in [1.82, 2.24) is 10.3 Å². The SMILES string of the molecule is CCCCCCCCCCCCNCc1csc(=O)[nH]1. The molecule has 20 heavy (non-hydrogen) atoms. The van der Waals surface area contributed by atoms with Crippen molar-refractivity contribution in [2.45, 2.75) is 77.7 Å². The van der Waals surface area contributed by atoms with Gasteiger partial charge in [0.05, 0.1) is 0 Å². The predicted molar refractivity (Wildman–Crippen MR) is 88.5 cm³/mol. The van der Waals surface area contributed by atoms with Crippen LogP contribution in [-0.4, -0.2) is 11.5 Å². The Hall–Kier alpha value is -0.610. The van der Waals surface area contributed by atoms with E-state index in [1.165, 1.54) is 75.5 Å². The van der Waals surface area contributed by atoms with Crippen LogP contribution in [0.1, 0.15) is 76.8 Å². The van der Waals surface area contributed by atoms with Gasteiger partial charge in [0.15, 0.2) is 0 Å². The molecule has 0 aromatic carbocycles. The van der Waals surface area contributed by atoms with Crippen LogP contribution in [0.3, 0.4) is 0 Å². The zero-order valence-electron chi connectivity index (χ0n) is 12.9. The summed E-state index contributed by atoms with van der Waals surface area (Å²) >= 11 is 1.24. The monoisotopic (exact) mass is 298 g/mol. The summed E-state index contributed by atoms with van der Waals surface area (Å²) < 4.78 is 0. The lowest BCUT2D eigenvalue weighted by Gasteiger charge is -2.04. The molecule has 0 amide bonds. The summed E-state index contributed by atoms with van der Waals surface area (Å²) in [5.41, 5.74) is 1.01. The molecule has 0 saturated heterocycles. The van der Waals surface area contributed by atoms with Crippen LogP contribution in [-0.2, 0) is 6.54 Å². The fraction of sp³-hybridized carbons (Fsp3) is 0.812. The molecule has 0 atom stereocenters. The minimum Gasteiger partial charge on any atom is -0.315 e. The lowest BCUT2D eigenvalue weighted by Crippen LogP contribution is -2.15. The molecule has 0 aliphatic carbocycles. The van der Waals surface area contributed by atoms with E-state index in [0.717, 1.165) is 18.8 Å². The maximum absolute atomic E-state index is 10.9. The first-order valence-electron chi connectivity index (χ1n) is 8.20. The van der Waals surface area contributed by atoms with Crippen molar-refractivity contribution in [2.75, 3.05) is 6.54 Å². The molecule has 1 aromatic heterocycles. The third-order valence-electron chi connectivity index (χ3n) is 3.59. The Bertz CT molecular complexity index is 373. The van der Waals surface area contributed by atoms with Crippen LogP contribution in [0.25, 0.3) is 0 Å². The maximum Gasteiger partial charge on any atom is 0.304 e. The Labute approximate surface area is 127 Å². The molecule has 4 heteroatoms. The van der Waals surface area contributed by atoms with Crippen molar-refractivity contribution in [3.05, 3.63) is 20.7 Å². The van der Waals surface area contributed by atoms with Gasteiger partial charge in [-0.3, -0.25) is 4.79 Å². The van der Waals surface area contributed by atoms with Gasteiger partial charge in [0.2, 0.25) is 0 Å². The van der Waals surface area contributed by atoms with Crippen molar-refractivity contribution in [2.24, 2.45) is 0 Å². The van der Waals surface area contributed by atoms with Crippen molar-refractivity contribution >= 4 is 11.3 Å². The second-order valence-corrected chi connectivity index (χ2v) is 6.37. The molecule has 0 saturated carbocycles. The molecule has 0 aliphatic rings. The van der Waals surface area contributed by atoms with Gasteiger partial charge < -0.3 is 10.3 Å². The van der Waals surface area contributed by atoms with Gasteiger partial charge >= 0.3 is 4.87 Å². The molecule has 1 aromatic rings. The molecule has 0 fully saturated rings. The van der Waals surface area contributed by atoms with Crippen LogP contribution in [0.15, 0.2) is 10.2 Å². The van der Waals surface area contributed by atoms with E-state index >= 15 is 0 Å². The number of unbranched alkanes of at least 4 members (excludes halogenated alkanes) is 9. The van der Waals surface area contributed by atoms with Crippen molar-refractivity contribution in [3.8, 4) is 0 Å². The molecule has 0 radical (unpaired) electrons. The summed E-state index contributed by atoms with van der Waals surface area (Å²) in [7, 11) is 0. The summed E-state index contributed by atoms with van der Waals surface area (Å²) in [5, 5.41) is 5.27. The molecular weight excluding hydrogens is 268 g/mol. The third-order valence-corrected chi connectivity index (χ3v) is 4.31. The van der Waals surface area contributed by atoms with Crippen LogP contribution >= 0.6 is 11.3 Å².